The van der Waals surface area contributed by atoms with E-state index in [0.717, 1.165) is 25.2 Å². The largest absolute Gasteiger partial charge is 0.326 e. The standard InChI is InChI=1S/C19H23N5O3.ClH/c1-14-11-16(24(26)27)4-5-17(14)22-19(25)6-9-23-10-8-21-13-18(23)15-3-2-7-20-12-15;/h2-5,7,11-12,18,21H,6,8-10,13H2,1H3,(H,22,25);1H. The highest BCUT2D eigenvalue weighted by atomic mass is 35.5. The second kappa shape index (κ2) is 10.1. The van der Waals surface area contributed by atoms with E-state index in [1.165, 1.54) is 12.1 Å². The Kier molecular flexibility index (Phi) is 7.86. The topological polar surface area (TPSA) is 100 Å². The number of nitro benzene ring substituents is 1. The highest BCUT2D eigenvalue weighted by molar-refractivity contribution is 5.91. The van der Waals surface area contributed by atoms with Crippen LogP contribution in [-0.4, -0.2) is 46.9 Å². The van der Waals surface area contributed by atoms with Gasteiger partial charge in [0.1, 0.15) is 0 Å². The van der Waals surface area contributed by atoms with Gasteiger partial charge in [-0.15, -0.1) is 12.4 Å². The third-order valence-corrected chi connectivity index (χ3v) is 4.74. The lowest BCUT2D eigenvalue weighted by molar-refractivity contribution is -0.384. The number of aromatic nitrogens is 1. The summed E-state index contributed by atoms with van der Waals surface area (Å²) >= 11 is 0. The number of nitrogens with zero attached hydrogens (tertiary/aromatic N) is 3. The number of benzene rings is 1. The number of amides is 1. The van der Waals surface area contributed by atoms with Crippen molar-refractivity contribution in [2.75, 3.05) is 31.5 Å². The Morgan fingerprint density at radius 2 is 2.25 bits per heavy atom. The molecule has 3 rings (SSSR count). The van der Waals surface area contributed by atoms with Crippen molar-refractivity contribution in [2.24, 2.45) is 0 Å². The minimum Gasteiger partial charge on any atom is -0.326 e. The van der Waals surface area contributed by atoms with E-state index in [2.05, 4.69) is 26.6 Å². The van der Waals surface area contributed by atoms with Crippen LogP contribution in [0.1, 0.15) is 23.6 Å². The van der Waals surface area contributed by atoms with Crippen molar-refractivity contribution < 1.29 is 9.72 Å². The van der Waals surface area contributed by atoms with E-state index < -0.39 is 4.92 Å². The Morgan fingerprint density at radius 3 is 2.93 bits per heavy atom. The molecule has 2 aromatic rings. The van der Waals surface area contributed by atoms with Crippen molar-refractivity contribution in [3.63, 3.8) is 0 Å². The average molecular weight is 406 g/mol. The summed E-state index contributed by atoms with van der Waals surface area (Å²) in [5.74, 6) is -0.101. The molecule has 1 fully saturated rings. The van der Waals surface area contributed by atoms with Crippen LogP contribution in [0.15, 0.2) is 42.7 Å². The molecule has 1 atom stereocenters. The number of carbonyl (C=O) groups is 1. The molecule has 0 aliphatic carbocycles. The molecule has 9 heteroatoms. The molecule has 1 unspecified atom stereocenters. The highest BCUT2D eigenvalue weighted by Crippen LogP contribution is 2.23. The number of hydrogen-bond donors (Lipinski definition) is 2. The molecule has 0 radical (unpaired) electrons. The van der Waals surface area contributed by atoms with Crippen molar-refractivity contribution in [2.45, 2.75) is 19.4 Å². The summed E-state index contributed by atoms with van der Waals surface area (Å²) in [5.41, 5.74) is 2.43. The predicted molar refractivity (Wildman–Crippen MR) is 110 cm³/mol. The summed E-state index contributed by atoms with van der Waals surface area (Å²) in [5, 5.41) is 17.1. The van der Waals surface area contributed by atoms with Crippen LogP contribution < -0.4 is 10.6 Å². The van der Waals surface area contributed by atoms with Gasteiger partial charge in [-0.2, -0.15) is 0 Å². The molecule has 150 valence electrons. The normalized spacial score (nSPS) is 16.8. The Hall–Kier alpha value is -2.55. The summed E-state index contributed by atoms with van der Waals surface area (Å²) in [7, 11) is 0. The van der Waals surface area contributed by atoms with Crippen molar-refractivity contribution in [3.8, 4) is 0 Å². The summed E-state index contributed by atoms with van der Waals surface area (Å²) in [6.07, 6.45) is 3.97. The van der Waals surface area contributed by atoms with Gasteiger partial charge in [-0.3, -0.25) is 24.8 Å². The number of non-ortho nitro benzene ring substituents is 1. The molecule has 28 heavy (non-hydrogen) atoms. The van der Waals surface area contributed by atoms with Crippen LogP contribution in [0, 0.1) is 17.0 Å². The number of carbonyl (C=O) groups excluding carboxylic acids is 1. The van der Waals surface area contributed by atoms with Crippen LogP contribution in [0.3, 0.4) is 0 Å². The molecule has 0 spiro atoms. The monoisotopic (exact) mass is 405 g/mol. The number of anilines is 1. The van der Waals surface area contributed by atoms with Gasteiger partial charge in [0.15, 0.2) is 0 Å². The van der Waals surface area contributed by atoms with Gasteiger partial charge in [0.2, 0.25) is 5.91 Å². The maximum absolute atomic E-state index is 12.4. The third kappa shape index (κ3) is 5.48. The van der Waals surface area contributed by atoms with Crippen LogP contribution in [0.4, 0.5) is 11.4 Å². The average Bonchev–Trinajstić information content (AvgIpc) is 2.68. The van der Waals surface area contributed by atoms with E-state index >= 15 is 0 Å². The SMILES string of the molecule is Cc1cc([N+](=O)[O-])ccc1NC(=O)CCN1CCNCC1c1cccnc1.Cl. The zero-order chi connectivity index (χ0) is 19.2. The number of pyridine rings is 1. The lowest BCUT2D eigenvalue weighted by Crippen LogP contribution is -2.46. The molecule has 8 nitrogen and oxygen atoms in total. The summed E-state index contributed by atoms with van der Waals surface area (Å²) < 4.78 is 0. The second-order valence-corrected chi connectivity index (χ2v) is 6.60. The first-order valence-corrected chi connectivity index (χ1v) is 8.94. The van der Waals surface area contributed by atoms with E-state index in [1.54, 1.807) is 19.2 Å². The van der Waals surface area contributed by atoms with Gasteiger partial charge in [0.05, 0.1) is 4.92 Å². The zero-order valence-electron chi connectivity index (χ0n) is 15.6. The van der Waals surface area contributed by atoms with E-state index in [1.807, 2.05) is 12.3 Å². The number of nitro groups is 1. The molecule has 1 amide bonds. The van der Waals surface area contributed by atoms with Gasteiger partial charge >= 0.3 is 0 Å². The lowest BCUT2D eigenvalue weighted by Gasteiger charge is -2.36. The Bertz CT molecular complexity index is 818. The Morgan fingerprint density at radius 1 is 1.43 bits per heavy atom. The Balaban J connectivity index is 0.00000280. The van der Waals surface area contributed by atoms with E-state index in [0.29, 0.717) is 24.2 Å². The molecular formula is C19H24ClN5O3. The quantitative estimate of drug-likeness (QED) is 0.566. The second-order valence-electron chi connectivity index (χ2n) is 6.60. The fourth-order valence-electron chi connectivity index (χ4n) is 3.28. The van der Waals surface area contributed by atoms with Crippen LogP contribution in [0.2, 0.25) is 0 Å². The zero-order valence-corrected chi connectivity index (χ0v) is 16.4. The lowest BCUT2D eigenvalue weighted by atomic mass is 10.1. The fourth-order valence-corrected chi connectivity index (χ4v) is 3.28. The smallest absolute Gasteiger partial charge is 0.269 e. The first kappa shape index (κ1) is 21.7. The summed E-state index contributed by atoms with van der Waals surface area (Å²) in [4.78, 5) is 29.2. The maximum atomic E-state index is 12.4. The van der Waals surface area contributed by atoms with Crippen LogP contribution in [0.5, 0.6) is 0 Å². The number of rotatable bonds is 6. The van der Waals surface area contributed by atoms with Crippen molar-refractivity contribution >= 4 is 29.7 Å². The van der Waals surface area contributed by atoms with Crippen LogP contribution >= 0.6 is 12.4 Å². The van der Waals surface area contributed by atoms with Crippen molar-refractivity contribution in [1.29, 1.82) is 0 Å². The molecule has 1 aromatic carbocycles. The molecule has 2 heterocycles. The molecule has 1 aromatic heterocycles. The molecule has 1 aliphatic rings. The van der Waals surface area contributed by atoms with Gasteiger partial charge in [0, 0.05) is 68.9 Å². The molecule has 2 N–H and O–H groups in total. The summed E-state index contributed by atoms with van der Waals surface area (Å²) in [6, 6.07) is 8.61. The van der Waals surface area contributed by atoms with Gasteiger partial charge in [0.25, 0.3) is 5.69 Å². The van der Waals surface area contributed by atoms with E-state index in [-0.39, 0.29) is 30.0 Å². The molecule has 0 bridgehead atoms. The van der Waals surface area contributed by atoms with E-state index in [9.17, 15) is 14.9 Å². The van der Waals surface area contributed by atoms with Crippen LogP contribution in [0.25, 0.3) is 0 Å². The number of hydrogen-bond acceptors (Lipinski definition) is 6. The number of nitrogens with one attached hydrogen (secondary N) is 2. The van der Waals surface area contributed by atoms with Gasteiger partial charge < -0.3 is 10.6 Å². The van der Waals surface area contributed by atoms with Crippen molar-refractivity contribution in [1.82, 2.24) is 15.2 Å². The van der Waals surface area contributed by atoms with Gasteiger partial charge in [-0.25, -0.2) is 0 Å². The molecular weight excluding hydrogens is 382 g/mol. The predicted octanol–water partition coefficient (Wildman–Crippen LogP) is 2.70. The molecule has 0 saturated carbocycles. The maximum Gasteiger partial charge on any atom is 0.269 e. The number of halogens is 1. The fraction of sp³-hybridized carbons (Fsp3) is 0.368. The molecule has 1 saturated heterocycles. The third-order valence-electron chi connectivity index (χ3n) is 4.74. The number of piperazine rings is 1. The van der Waals surface area contributed by atoms with E-state index in [4.69, 9.17) is 0 Å². The minimum atomic E-state index is -0.443. The van der Waals surface area contributed by atoms with Gasteiger partial charge in [-0.1, -0.05) is 6.07 Å². The van der Waals surface area contributed by atoms with Crippen LogP contribution in [-0.2, 0) is 4.79 Å². The minimum absolute atomic E-state index is 0. The van der Waals surface area contributed by atoms with Gasteiger partial charge in [-0.05, 0) is 30.2 Å². The highest BCUT2D eigenvalue weighted by Gasteiger charge is 2.24. The molecule has 1 aliphatic heterocycles. The summed E-state index contributed by atoms with van der Waals surface area (Å²) in [6.45, 7) is 4.97. The van der Waals surface area contributed by atoms with Crippen molar-refractivity contribution in [3.05, 3.63) is 64.0 Å². The number of aryl methyl sites for hydroxylation is 1. The Labute approximate surface area is 169 Å². The first-order chi connectivity index (χ1) is 13.0. The first-order valence-electron chi connectivity index (χ1n) is 8.94.